The quantitative estimate of drug-likeness (QED) is 0.414. The van der Waals surface area contributed by atoms with Gasteiger partial charge in [0.15, 0.2) is 6.29 Å². The molecule has 0 aliphatic heterocycles. The van der Waals surface area contributed by atoms with Crippen molar-refractivity contribution in [3.8, 4) is 0 Å². The van der Waals surface area contributed by atoms with Crippen LogP contribution in [0.15, 0.2) is 12.7 Å². The van der Waals surface area contributed by atoms with Crippen molar-refractivity contribution in [3.63, 3.8) is 0 Å². The lowest BCUT2D eigenvalue weighted by Crippen LogP contribution is -2.21. The van der Waals surface area contributed by atoms with Crippen molar-refractivity contribution in [1.82, 2.24) is 0 Å². The molecule has 0 rings (SSSR count). The molecule has 65 valence electrons. The van der Waals surface area contributed by atoms with E-state index in [0.717, 1.165) is 0 Å². The molecule has 0 aliphatic rings. The van der Waals surface area contributed by atoms with E-state index >= 15 is 0 Å². The molecule has 0 aromatic heterocycles. The second-order valence-electron chi connectivity index (χ2n) is 1.83. The highest BCUT2D eigenvalue weighted by molar-refractivity contribution is 4.77. The lowest BCUT2D eigenvalue weighted by Gasteiger charge is -2.13. The summed E-state index contributed by atoms with van der Waals surface area (Å²) in [6.45, 7) is 7.90. The molecule has 0 N–H and O–H groups in total. The van der Waals surface area contributed by atoms with Gasteiger partial charge in [0.2, 0.25) is 0 Å². The van der Waals surface area contributed by atoms with Crippen LogP contribution in [0.5, 0.6) is 0 Å². The molecular formula is C8H15O3. The smallest absolute Gasteiger partial charge is 0.180 e. The first-order valence-corrected chi connectivity index (χ1v) is 3.55. The zero-order valence-electron chi connectivity index (χ0n) is 7.08. The van der Waals surface area contributed by atoms with Crippen LogP contribution < -0.4 is 0 Å². The summed E-state index contributed by atoms with van der Waals surface area (Å²) >= 11 is 0. The van der Waals surface area contributed by atoms with Gasteiger partial charge in [-0.15, -0.1) is 6.58 Å². The van der Waals surface area contributed by atoms with Gasteiger partial charge in [-0.05, 0) is 6.92 Å². The lowest BCUT2D eigenvalue weighted by molar-refractivity contribution is -0.146. The van der Waals surface area contributed by atoms with E-state index in [1.54, 1.807) is 13.2 Å². The van der Waals surface area contributed by atoms with Crippen LogP contribution in [0.2, 0.25) is 0 Å². The summed E-state index contributed by atoms with van der Waals surface area (Å²) in [6.07, 6.45) is 1.29. The Morgan fingerprint density at radius 2 is 2.27 bits per heavy atom. The topological polar surface area (TPSA) is 27.7 Å². The average Bonchev–Trinajstić information content (AvgIpc) is 2.03. The van der Waals surface area contributed by atoms with Crippen molar-refractivity contribution >= 4 is 0 Å². The molecule has 0 heterocycles. The summed E-state index contributed by atoms with van der Waals surface area (Å²) < 4.78 is 15.1. The molecule has 3 nitrogen and oxygen atoms in total. The molecule has 0 aliphatic carbocycles. The molecule has 0 saturated heterocycles. The van der Waals surface area contributed by atoms with Crippen molar-refractivity contribution < 1.29 is 14.2 Å². The molecule has 0 spiro atoms. The monoisotopic (exact) mass is 159 g/mol. The predicted molar refractivity (Wildman–Crippen MR) is 42.9 cm³/mol. The predicted octanol–water partition coefficient (Wildman–Crippen LogP) is 1.36. The van der Waals surface area contributed by atoms with Crippen molar-refractivity contribution in [2.24, 2.45) is 0 Å². The number of rotatable bonds is 7. The Labute approximate surface area is 67.9 Å². The molecule has 1 radical (unpaired) electrons. The van der Waals surface area contributed by atoms with Crippen LogP contribution in [-0.4, -0.2) is 26.6 Å². The maximum atomic E-state index is 5.14. The molecule has 1 unspecified atom stereocenters. The van der Waals surface area contributed by atoms with Crippen molar-refractivity contribution in [2.45, 2.75) is 13.2 Å². The average molecular weight is 159 g/mol. The fourth-order valence-electron chi connectivity index (χ4n) is 0.572. The van der Waals surface area contributed by atoms with Gasteiger partial charge in [-0.3, -0.25) is 0 Å². The van der Waals surface area contributed by atoms with Crippen LogP contribution in [0.25, 0.3) is 0 Å². The highest BCUT2D eigenvalue weighted by atomic mass is 16.7. The second kappa shape index (κ2) is 7.72. The normalized spacial score (nSPS) is 12.9. The van der Waals surface area contributed by atoms with Gasteiger partial charge in [-0.25, -0.2) is 0 Å². The standard InChI is InChI=1S/C8H15O3/c1-4-6-10-7-8(9-3)11-5-2/h4,6,8H,1,5,7H2,2-3H3. The van der Waals surface area contributed by atoms with Crippen LogP contribution in [0.1, 0.15) is 6.92 Å². The molecule has 0 bridgehead atoms. The van der Waals surface area contributed by atoms with E-state index < -0.39 is 0 Å². The summed E-state index contributed by atoms with van der Waals surface area (Å²) in [5.74, 6) is 0. The molecule has 0 aromatic rings. The molecule has 0 amide bonds. The Hall–Kier alpha value is -0.380. The van der Waals surface area contributed by atoms with E-state index in [9.17, 15) is 0 Å². The minimum absolute atomic E-state index is 0.281. The van der Waals surface area contributed by atoms with E-state index in [2.05, 4.69) is 6.58 Å². The van der Waals surface area contributed by atoms with E-state index in [1.165, 1.54) is 6.61 Å². The van der Waals surface area contributed by atoms with Gasteiger partial charge in [0.25, 0.3) is 0 Å². The van der Waals surface area contributed by atoms with Crippen LogP contribution >= 0.6 is 0 Å². The first kappa shape index (κ1) is 10.6. The molecule has 1 atom stereocenters. The second-order valence-corrected chi connectivity index (χ2v) is 1.83. The van der Waals surface area contributed by atoms with Crippen molar-refractivity contribution in [2.75, 3.05) is 20.3 Å². The van der Waals surface area contributed by atoms with E-state index in [-0.39, 0.29) is 6.29 Å². The SMILES string of the molecule is C=C[CH]OCC(OC)OCC. The van der Waals surface area contributed by atoms with E-state index in [4.69, 9.17) is 14.2 Å². The Morgan fingerprint density at radius 3 is 2.73 bits per heavy atom. The minimum atomic E-state index is -0.281. The van der Waals surface area contributed by atoms with Crippen LogP contribution in [0, 0.1) is 6.61 Å². The van der Waals surface area contributed by atoms with Crippen LogP contribution in [-0.2, 0) is 14.2 Å². The van der Waals surface area contributed by atoms with Gasteiger partial charge in [0.05, 0.1) is 6.61 Å². The third-order valence-corrected chi connectivity index (χ3v) is 1.04. The minimum Gasteiger partial charge on any atom is -0.366 e. The summed E-state index contributed by atoms with van der Waals surface area (Å²) in [5, 5.41) is 0. The Bertz CT molecular complexity index is 93.3. The highest BCUT2D eigenvalue weighted by Gasteiger charge is 2.04. The van der Waals surface area contributed by atoms with Crippen LogP contribution in [0.4, 0.5) is 0 Å². The summed E-state index contributed by atoms with van der Waals surface area (Å²) in [7, 11) is 1.58. The van der Waals surface area contributed by atoms with Gasteiger partial charge in [-0.1, -0.05) is 6.08 Å². The van der Waals surface area contributed by atoms with Gasteiger partial charge >= 0.3 is 0 Å². The number of methoxy groups -OCH3 is 1. The van der Waals surface area contributed by atoms with E-state index in [1.807, 2.05) is 6.92 Å². The molecule has 0 saturated carbocycles. The fourth-order valence-corrected chi connectivity index (χ4v) is 0.572. The van der Waals surface area contributed by atoms with Crippen LogP contribution in [0.3, 0.4) is 0 Å². The third-order valence-electron chi connectivity index (χ3n) is 1.04. The molecule has 3 heteroatoms. The molecule has 0 aromatic carbocycles. The first-order valence-electron chi connectivity index (χ1n) is 3.55. The molecular weight excluding hydrogens is 144 g/mol. The van der Waals surface area contributed by atoms with Gasteiger partial charge < -0.3 is 14.2 Å². The van der Waals surface area contributed by atoms with Crippen molar-refractivity contribution in [1.29, 1.82) is 0 Å². The van der Waals surface area contributed by atoms with Gasteiger partial charge in [-0.2, -0.15) is 0 Å². The van der Waals surface area contributed by atoms with Gasteiger partial charge in [0, 0.05) is 13.7 Å². The third kappa shape index (κ3) is 6.04. The number of hydrogen-bond acceptors (Lipinski definition) is 3. The first-order chi connectivity index (χ1) is 5.35. The summed E-state index contributed by atoms with van der Waals surface area (Å²) in [6, 6.07) is 0. The van der Waals surface area contributed by atoms with E-state index in [0.29, 0.717) is 13.2 Å². The largest absolute Gasteiger partial charge is 0.366 e. The summed E-state index contributed by atoms with van der Waals surface area (Å²) in [4.78, 5) is 0. The Balaban J connectivity index is 3.27. The zero-order valence-corrected chi connectivity index (χ0v) is 7.08. The molecule has 0 fully saturated rings. The highest BCUT2D eigenvalue weighted by Crippen LogP contribution is 1.95. The maximum absolute atomic E-state index is 5.14. The van der Waals surface area contributed by atoms with Crippen molar-refractivity contribution in [3.05, 3.63) is 19.3 Å². The lowest BCUT2D eigenvalue weighted by atomic mass is 10.6. The number of hydrogen-bond donors (Lipinski definition) is 0. The Morgan fingerprint density at radius 1 is 1.55 bits per heavy atom. The number of ether oxygens (including phenoxy) is 3. The molecule has 11 heavy (non-hydrogen) atoms. The fraction of sp³-hybridized carbons (Fsp3) is 0.625. The zero-order chi connectivity index (χ0) is 8.53. The van der Waals surface area contributed by atoms with Gasteiger partial charge in [0.1, 0.15) is 6.61 Å². The Kier molecular flexibility index (Phi) is 7.46. The maximum Gasteiger partial charge on any atom is 0.180 e. The summed E-state index contributed by atoms with van der Waals surface area (Å²) in [5.41, 5.74) is 0.